The van der Waals surface area contributed by atoms with Gasteiger partial charge in [0, 0.05) is 27.9 Å². The van der Waals surface area contributed by atoms with Crippen molar-refractivity contribution >= 4 is 61.9 Å². The topological polar surface area (TPSA) is 127 Å². The minimum atomic E-state index is -0.521. The van der Waals surface area contributed by atoms with Crippen LogP contribution in [0.5, 0.6) is 0 Å². The molecule has 4 rings (SSSR count). The maximum Gasteiger partial charge on any atom is 0.283 e. The number of nitrogens with zero attached hydrogens (tertiary/aromatic N) is 2. The zero-order chi connectivity index (χ0) is 24.4. The average Bonchev–Trinajstić information content (AvgIpc) is 3.40. The molecular weight excluding hydrogens is 480 g/mol. The third-order valence-electron chi connectivity index (χ3n) is 5.02. The predicted octanol–water partition coefficient (Wildman–Crippen LogP) is 5.77. The number of non-ortho nitro benzene ring substituents is 1. The molecule has 2 aromatic heterocycles. The highest BCUT2D eigenvalue weighted by Crippen LogP contribution is 2.37. The Morgan fingerprint density at radius 2 is 1.85 bits per heavy atom. The van der Waals surface area contributed by atoms with E-state index in [2.05, 4.69) is 15.8 Å². The molecule has 0 fully saturated rings. The van der Waals surface area contributed by atoms with Gasteiger partial charge in [0.1, 0.15) is 10.6 Å². The summed E-state index contributed by atoms with van der Waals surface area (Å²) in [6.45, 7) is 3.43. The highest BCUT2D eigenvalue weighted by Gasteiger charge is 2.19. The number of nitro benzene ring substituents is 1. The summed E-state index contributed by atoms with van der Waals surface area (Å²) in [5, 5.41) is 18.7. The monoisotopic (exact) mass is 496 g/mol. The summed E-state index contributed by atoms with van der Waals surface area (Å²) in [5.74, 6) is -0.264. The van der Waals surface area contributed by atoms with E-state index in [0.29, 0.717) is 32.8 Å². The Bertz CT molecular complexity index is 1460. The maximum absolute atomic E-state index is 12.6. The molecule has 0 bridgehead atoms. The number of nitrogens with one attached hydrogen (secondary N) is 2. The summed E-state index contributed by atoms with van der Waals surface area (Å²) < 4.78 is 5.68. The molecular formula is C23H17ClN4O5S. The summed E-state index contributed by atoms with van der Waals surface area (Å²) >= 11 is 7.37. The van der Waals surface area contributed by atoms with Crippen LogP contribution in [0.3, 0.4) is 0 Å². The highest BCUT2D eigenvalue weighted by molar-refractivity contribution is 7.21. The average molecular weight is 497 g/mol. The SMILES string of the molecule is C/C(=N\NC(=O)c1sc2cc([N+](=O)[O-])ccc2c1Cl)c1ccc(NC(=O)c2ccoc2C)cc1. The quantitative estimate of drug-likeness (QED) is 0.199. The smallest absolute Gasteiger partial charge is 0.283 e. The molecule has 0 aliphatic rings. The summed E-state index contributed by atoms with van der Waals surface area (Å²) in [6, 6.07) is 12.8. The van der Waals surface area contributed by atoms with Crippen LogP contribution in [0.1, 0.15) is 38.3 Å². The first-order valence-corrected chi connectivity index (χ1v) is 11.1. The number of rotatable bonds is 6. The van der Waals surface area contributed by atoms with Crippen LogP contribution in [0.15, 0.2) is 64.3 Å². The molecule has 0 aliphatic heterocycles. The minimum absolute atomic E-state index is 0.0780. The van der Waals surface area contributed by atoms with Crippen LogP contribution in [0.4, 0.5) is 11.4 Å². The molecule has 0 atom stereocenters. The molecule has 9 nitrogen and oxygen atoms in total. The van der Waals surface area contributed by atoms with E-state index in [1.54, 1.807) is 44.2 Å². The van der Waals surface area contributed by atoms with Crippen LogP contribution < -0.4 is 10.7 Å². The number of nitro groups is 1. The van der Waals surface area contributed by atoms with Crippen LogP contribution in [0, 0.1) is 17.0 Å². The molecule has 172 valence electrons. The lowest BCUT2D eigenvalue weighted by Crippen LogP contribution is -2.18. The van der Waals surface area contributed by atoms with Gasteiger partial charge >= 0.3 is 0 Å². The molecule has 2 amide bonds. The molecule has 0 spiro atoms. The first-order valence-electron chi connectivity index (χ1n) is 9.91. The number of hydrogen-bond acceptors (Lipinski definition) is 7. The number of fused-ring (bicyclic) bond motifs is 1. The maximum atomic E-state index is 12.6. The molecule has 2 N–H and O–H groups in total. The van der Waals surface area contributed by atoms with Crippen molar-refractivity contribution in [3.63, 3.8) is 0 Å². The van der Waals surface area contributed by atoms with Gasteiger partial charge in [0.05, 0.1) is 27.5 Å². The van der Waals surface area contributed by atoms with Crippen molar-refractivity contribution in [1.29, 1.82) is 0 Å². The Kier molecular flexibility index (Phi) is 6.44. The standard InChI is InChI=1S/C23H17ClN4O5S/c1-12(14-3-5-15(6-4-14)25-22(29)17-9-10-33-13(17)2)26-27-23(30)21-20(24)18-8-7-16(28(31)32)11-19(18)34-21/h3-11H,1-2H3,(H,25,29)(H,27,30)/b26-12+. The predicted molar refractivity (Wildman–Crippen MR) is 131 cm³/mol. The third kappa shape index (κ3) is 4.68. The van der Waals surface area contributed by atoms with Crippen molar-refractivity contribution in [2.24, 2.45) is 5.10 Å². The molecule has 0 radical (unpaired) electrons. The summed E-state index contributed by atoms with van der Waals surface area (Å²) in [7, 11) is 0. The van der Waals surface area contributed by atoms with E-state index in [1.165, 1.54) is 24.5 Å². The molecule has 11 heteroatoms. The number of aryl methyl sites for hydroxylation is 1. The normalized spacial score (nSPS) is 11.4. The number of thiophene rings is 1. The van der Waals surface area contributed by atoms with Gasteiger partial charge in [0.25, 0.3) is 17.5 Å². The van der Waals surface area contributed by atoms with E-state index < -0.39 is 10.8 Å². The second-order valence-electron chi connectivity index (χ2n) is 7.24. The summed E-state index contributed by atoms with van der Waals surface area (Å²) in [4.78, 5) is 35.6. The molecule has 0 aliphatic carbocycles. The lowest BCUT2D eigenvalue weighted by molar-refractivity contribution is -0.384. The van der Waals surface area contributed by atoms with Gasteiger partial charge < -0.3 is 9.73 Å². The summed E-state index contributed by atoms with van der Waals surface area (Å²) in [5.41, 5.74) is 4.71. The summed E-state index contributed by atoms with van der Waals surface area (Å²) in [6.07, 6.45) is 1.46. The Labute approximate surface area is 202 Å². The zero-order valence-electron chi connectivity index (χ0n) is 17.9. The largest absolute Gasteiger partial charge is 0.469 e. The van der Waals surface area contributed by atoms with Crippen molar-refractivity contribution in [3.8, 4) is 0 Å². The second kappa shape index (κ2) is 9.46. The van der Waals surface area contributed by atoms with Gasteiger partial charge in [-0.1, -0.05) is 23.7 Å². The first kappa shape index (κ1) is 23.1. The number of benzene rings is 2. The first-order chi connectivity index (χ1) is 16.2. The van der Waals surface area contributed by atoms with E-state index in [4.69, 9.17) is 16.0 Å². The highest BCUT2D eigenvalue weighted by atomic mass is 35.5. The van der Waals surface area contributed by atoms with E-state index in [-0.39, 0.29) is 21.5 Å². The number of halogens is 1. The molecule has 0 unspecified atom stereocenters. The van der Waals surface area contributed by atoms with Crippen molar-refractivity contribution in [2.45, 2.75) is 13.8 Å². The van der Waals surface area contributed by atoms with Gasteiger partial charge in [0.2, 0.25) is 0 Å². The minimum Gasteiger partial charge on any atom is -0.469 e. The lowest BCUT2D eigenvalue weighted by atomic mass is 10.1. The van der Waals surface area contributed by atoms with Crippen molar-refractivity contribution in [2.75, 3.05) is 5.32 Å². The molecule has 2 heterocycles. The van der Waals surface area contributed by atoms with Gasteiger partial charge in [0.15, 0.2) is 0 Å². The van der Waals surface area contributed by atoms with Crippen LogP contribution in [-0.4, -0.2) is 22.4 Å². The Morgan fingerprint density at radius 3 is 2.50 bits per heavy atom. The second-order valence-corrected chi connectivity index (χ2v) is 8.67. The fraction of sp³-hybridized carbons (Fsp3) is 0.0870. The van der Waals surface area contributed by atoms with E-state index in [0.717, 1.165) is 16.9 Å². The van der Waals surface area contributed by atoms with Gasteiger partial charge in [-0.25, -0.2) is 5.43 Å². The van der Waals surface area contributed by atoms with Crippen molar-refractivity contribution in [1.82, 2.24) is 5.43 Å². The van der Waals surface area contributed by atoms with E-state index >= 15 is 0 Å². The van der Waals surface area contributed by atoms with Crippen LogP contribution in [-0.2, 0) is 0 Å². The van der Waals surface area contributed by atoms with Gasteiger partial charge in [-0.3, -0.25) is 19.7 Å². The van der Waals surface area contributed by atoms with Crippen molar-refractivity contribution < 1.29 is 18.9 Å². The van der Waals surface area contributed by atoms with E-state index in [1.807, 2.05) is 0 Å². The number of hydrazone groups is 1. The Hall–Kier alpha value is -4.02. The van der Waals surface area contributed by atoms with Gasteiger partial charge in [-0.2, -0.15) is 5.10 Å². The fourth-order valence-electron chi connectivity index (χ4n) is 3.18. The van der Waals surface area contributed by atoms with Crippen LogP contribution in [0.25, 0.3) is 10.1 Å². The molecule has 0 saturated carbocycles. The van der Waals surface area contributed by atoms with Gasteiger partial charge in [-0.05, 0) is 43.7 Å². The number of hydrogen-bond donors (Lipinski definition) is 2. The molecule has 4 aromatic rings. The Morgan fingerprint density at radius 1 is 1.12 bits per heavy atom. The molecule has 2 aromatic carbocycles. The van der Waals surface area contributed by atoms with Crippen LogP contribution in [0.2, 0.25) is 5.02 Å². The number of amides is 2. The zero-order valence-corrected chi connectivity index (χ0v) is 19.5. The fourth-order valence-corrected chi connectivity index (χ4v) is 4.62. The Balaban J connectivity index is 1.45. The number of carbonyl (C=O) groups is 2. The van der Waals surface area contributed by atoms with Crippen LogP contribution >= 0.6 is 22.9 Å². The van der Waals surface area contributed by atoms with E-state index in [9.17, 15) is 19.7 Å². The number of furan rings is 1. The third-order valence-corrected chi connectivity index (χ3v) is 6.68. The molecule has 0 saturated heterocycles. The van der Waals surface area contributed by atoms with Crippen molar-refractivity contribution in [3.05, 3.63) is 91.7 Å². The van der Waals surface area contributed by atoms with Gasteiger partial charge in [-0.15, -0.1) is 11.3 Å². The lowest BCUT2D eigenvalue weighted by Gasteiger charge is -2.06. The number of anilines is 1. The number of carbonyl (C=O) groups excluding carboxylic acids is 2. The molecule has 34 heavy (non-hydrogen) atoms.